The largest absolute Gasteiger partial charge is 0.306 e. The van der Waals surface area contributed by atoms with Gasteiger partial charge in [-0.25, -0.2) is 9.97 Å². The number of nitrogens with one attached hydrogen (secondary N) is 1. The molecule has 0 aliphatic rings. The monoisotopic (exact) mass is 270 g/mol. The van der Waals surface area contributed by atoms with E-state index >= 15 is 0 Å². The Labute approximate surface area is 120 Å². The summed E-state index contributed by atoms with van der Waals surface area (Å²) in [6, 6.07) is 4.04. The molecule has 20 heavy (non-hydrogen) atoms. The van der Waals surface area contributed by atoms with E-state index in [0.717, 1.165) is 29.1 Å². The minimum Gasteiger partial charge on any atom is -0.306 e. The standard InChI is InChI=1S/C16H22N4/c1-11-8-12(2)14(18-9-11)15-17-7-6-13(20-15)10-19-16(3,4)5/h6-9,19H,10H2,1-5H3. The van der Waals surface area contributed by atoms with E-state index in [2.05, 4.69) is 47.1 Å². The molecule has 0 bridgehead atoms. The first kappa shape index (κ1) is 14.6. The summed E-state index contributed by atoms with van der Waals surface area (Å²) in [4.78, 5) is 13.4. The van der Waals surface area contributed by atoms with Crippen LogP contribution in [0, 0.1) is 13.8 Å². The van der Waals surface area contributed by atoms with E-state index in [1.54, 1.807) is 6.20 Å². The fourth-order valence-corrected chi connectivity index (χ4v) is 1.91. The minimum atomic E-state index is 0.0726. The third kappa shape index (κ3) is 3.84. The molecule has 106 valence electrons. The Morgan fingerprint density at radius 1 is 1.15 bits per heavy atom. The Morgan fingerprint density at radius 2 is 1.90 bits per heavy atom. The molecule has 2 rings (SSSR count). The molecule has 0 aliphatic carbocycles. The van der Waals surface area contributed by atoms with Gasteiger partial charge in [0.25, 0.3) is 0 Å². The zero-order chi connectivity index (χ0) is 14.8. The van der Waals surface area contributed by atoms with Crippen LogP contribution < -0.4 is 5.32 Å². The summed E-state index contributed by atoms with van der Waals surface area (Å²) < 4.78 is 0. The van der Waals surface area contributed by atoms with Crippen molar-refractivity contribution < 1.29 is 0 Å². The second kappa shape index (κ2) is 5.67. The zero-order valence-corrected chi connectivity index (χ0v) is 12.9. The van der Waals surface area contributed by atoms with Crippen molar-refractivity contribution in [2.75, 3.05) is 0 Å². The number of hydrogen-bond acceptors (Lipinski definition) is 4. The number of aromatic nitrogens is 3. The Balaban J connectivity index is 2.25. The van der Waals surface area contributed by atoms with Crippen molar-refractivity contribution in [3.8, 4) is 11.5 Å². The Hall–Kier alpha value is -1.81. The average molecular weight is 270 g/mol. The van der Waals surface area contributed by atoms with Gasteiger partial charge in [-0.3, -0.25) is 4.98 Å². The quantitative estimate of drug-likeness (QED) is 0.931. The predicted molar refractivity (Wildman–Crippen MR) is 81.3 cm³/mol. The van der Waals surface area contributed by atoms with Crippen LogP contribution >= 0.6 is 0 Å². The summed E-state index contributed by atoms with van der Waals surface area (Å²) >= 11 is 0. The van der Waals surface area contributed by atoms with Crippen LogP contribution in [-0.2, 0) is 6.54 Å². The van der Waals surface area contributed by atoms with Crippen LogP contribution in [0.5, 0.6) is 0 Å². The van der Waals surface area contributed by atoms with Gasteiger partial charge in [0.15, 0.2) is 5.82 Å². The molecule has 4 nitrogen and oxygen atoms in total. The summed E-state index contributed by atoms with van der Waals surface area (Å²) in [5.41, 5.74) is 4.16. The van der Waals surface area contributed by atoms with Crippen LogP contribution in [0.2, 0.25) is 0 Å². The molecule has 0 unspecified atom stereocenters. The maximum atomic E-state index is 4.60. The van der Waals surface area contributed by atoms with Crippen LogP contribution in [0.25, 0.3) is 11.5 Å². The van der Waals surface area contributed by atoms with Crippen LogP contribution in [0.1, 0.15) is 37.6 Å². The van der Waals surface area contributed by atoms with Gasteiger partial charge in [-0.1, -0.05) is 6.07 Å². The van der Waals surface area contributed by atoms with E-state index in [1.807, 2.05) is 26.1 Å². The summed E-state index contributed by atoms with van der Waals surface area (Å²) in [7, 11) is 0. The highest BCUT2D eigenvalue weighted by Crippen LogP contribution is 2.17. The normalized spacial score (nSPS) is 11.7. The van der Waals surface area contributed by atoms with Crippen molar-refractivity contribution in [1.29, 1.82) is 0 Å². The Bertz CT molecular complexity index is 600. The fraction of sp³-hybridized carbons (Fsp3) is 0.438. The third-order valence-electron chi connectivity index (χ3n) is 2.94. The van der Waals surface area contributed by atoms with E-state index in [9.17, 15) is 0 Å². The van der Waals surface area contributed by atoms with Gasteiger partial charge >= 0.3 is 0 Å². The summed E-state index contributed by atoms with van der Waals surface area (Å²) in [5.74, 6) is 0.690. The number of aryl methyl sites for hydroxylation is 2. The first-order chi connectivity index (χ1) is 9.35. The molecule has 4 heteroatoms. The molecule has 0 aromatic carbocycles. The molecule has 0 saturated heterocycles. The lowest BCUT2D eigenvalue weighted by Crippen LogP contribution is -2.35. The van der Waals surface area contributed by atoms with Crippen molar-refractivity contribution in [1.82, 2.24) is 20.3 Å². The lowest BCUT2D eigenvalue weighted by atomic mass is 10.1. The average Bonchev–Trinajstić information content (AvgIpc) is 2.36. The van der Waals surface area contributed by atoms with E-state index in [-0.39, 0.29) is 5.54 Å². The predicted octanol–water partition coefficient (Wildman–Crippen LogP) is 3.04. The molecule has 0 amide bonds. The molecule has 2 aromatic rings. The van der Waals surface area contributed by atoms with E-state index < -0.39 is 0 Å². The highest BCUT2D eigenvalue weighted by Gasteiger charge is 2.11. The zero-order valence-electron chi connectivity index (χ0n) is 12.9. The second-order valence-corrected chi connectivity index (χ2v) is 6.15. The van der Waals surface area contributed by atoms with Gasteiger partial charge in [0.1, 0.15) is 5.69 Å². The molecule has 2 aromatic heterocycles. The van der Waals surface area contributed by atoms with E-state index in [0.29, 0.717) is 5.82 Å². The number of hydrogen-bond donors (Lipinski definition) is 1. The summed E-state index contributed by atoms with van der Waals surface area (Å²) in [6.45, 7) is 11.2. The maximum Gasteiger partial charge on any atom is 0.178 e. The van der Waals surface area contributed by atoms with Crippen molar-refractivity contribution >= 4 is 0 Å². The SMILES string of the molecule is Cc1cnc(-c2nccc(CNC(C)(C)C)n2)c(C)c1. The van der Waals surface area contributed by atoms with Gasteiger partial charge in [0.05, 0.1) is 5.69 Å². The van der Waals surface area contributed by atoms with Crippen molar-refractivity contribution in [2.45, 2.75) is 46.7 Å². The lowest BCUT2D eigenvalue weighted by Gasteiger charge is -2.20. The summed E-state index contributed by atoms with van der Waals surface area (Å²) in [5, 5.41) is 3.43. The van der Waals surface area contributed by atoms with Gasteiger partial charge in [-0.15, -0.1) is 0 Å². The lowest BCUT2D eigenvalue weighted by molar-refractivity contribution is 0.421. The fourth-order valence-electron chi connectivity index (χ4n) is 1.91. The molecular weight excluding hydrogens is 248 g/mol. The molecular formula is C16H22N4. The topological polar surface area (TPSA) is 50.7 Å². The number of nitrogens with zero attached hydrogens (tertiary/aromatic N) is 3. The smallest absolute Gasteiger partial charge is 0.178 e. The summed E-state index contributed by atoms with van der Waals surface area (Å²) in [6.07, 6.45) is 3.65. The van der Waals surface area contributed by atoms with Crippen molar-refractivity contribution in [3.63, 3.8) is 0 Å². The maximum absolute atomic E-state index is 4.60. The molecule has 0 aliphatic heterocycles. The van der Waals surface area contributed by atoms with Crippen LogP contribution in [-0.4, -0.2) is 20.5 Å². The van der Waals surface area contributed by atoms with Crippen molar-refractivity contribution in [3.05, 3.63) is 41.3 Å². The first-order valence-electron chi connectivity index (χ1n) is 6.86. The highest BCUT2D eigenvalue weighted by atomic mass is 15.0. The third-order valence-corrected chi connectivity index (χ3v) is 2.94. The number of pyridine rings is 1. The minimum absolute atomic E-state index is 0.0726. The second-order valence-electron chi connectivity index (χ2n) is 6.15. The van der Waals surface area contributed by atoms with Gasteiger partial charge in [0, 0.05) is 24.5 Å². The molecule has 0 spiro atoms. The van der Waals surface area contributed by atoms with Crippen LogP contribution in [0.15, 0.2) is 24.5 Å². The van der Waals surface area contributed by atoms with E-state index in [4.69, 9.17) is 0 Å². The van der Waals surface area contributed by atoms with Gasteiger partial charge in [-0.2, -0.15) is 0 Å². The Kier molecular flexibility index (Phi) is 4.14. The van der Waals surface area contributed by atoms with Crippen molar-refractivity contribution in [2.24, 2.45) is 0 Å². The van der Waals surface area contributed by atoms with Gasteiger partial charge in [-0.05, 0) is 51.8 Å². The Morgan fingerprint density at radius 3 is 2.55 bits per heavy atom. The van der Waals surface area contributed by atoms with Gasteiger partial charge < -0.3 is 5.32 Å². The molecule has 1 N–H and O–H groups in total. The van der Waals surface area contributed by atoms with Gasteiger partial charge in [0.2, 0.25) is 0 Å². The molecule has 2 heterocycles. The molecule has 0 radical (unpaired) electrons. The first-order valence-corrected chi connectivity index (χ1v) is 6.86. The van der Waals surface area contributed by atoms with Crippen LogP contribution in [0.3, 0.4) is 0 Å². The molecule has 0 saturated carbocycles. The molecule has 0 fully saturated rings. The number of rotatable bonds is 3. The highest BCUT2D eigenvalue weighted by molar-refractivity contribution is 5.54. The van der Waals surface area contributed by atoms with E-state index in [1.165, 1.54) is 0 Å². The van der Waals surface area contributed by atoms with Crippen LogP contribution in [0.4, 0.5) is 0 Å². The molecule has 0 atom stereocenters.